The lowest BCUT2D eigenvalue weighted by atomic mass is 10.00. The molecule has 0 spiro atoms. The maximum absolute atomic E-state index is 12.9. The average molecular weight is 397 g/mol. The van der Waals surface area contributed by atoms with Gasteiger partial charge in [-0.2, -0.15) is 0 Å². The zero-order valence-electron chi connectivity index (χ0n) is 18.2. The second kappa shape index (κ2) is 9.16. The van der Waals surface area contributed by atoms with Crippen molar-refractivity contribution >= 4 is 17.4 Å². The van der Waals surface area contributed by atoms with Gasteiger partial charge in [0, 0.05) is 37.6 Å². The molecule has 0 bridgehead atoms. The van der Waals surface area contributed by atoms with Crippen LogP contribution in [0.25, 0.3) is 0 Å². The normalized spacial score (nSPS) is 14.3. The van der Waals surface area contributed by atoms with Crippen LogP contribution in [0, 0.1) is 6.92 Å². The summed E-state index contributed by atoms with van der Waals surface area (Å²) in [6, 6.07) is 10.4. The lowest BCUT2D eigenvalue weighted by Gasteiger charge is -2.37. The highest BCUT2D eigenvalue weighted by Gasteiger charge is 2.24. The van der Waals surface area contributed by atoms with Gasteiger partial charge in [-0.05, 0) is 42.5 Å². The van der Waals surface area contributed by atoms with Gasteiger partial charge in [-0.1, -0.05) is 39.0 Å². The molecule has 0 unspecified atom stereocenters. The number of rotatable bonds is 5. The number of nitrogens with zero attached hydrogens (tertiary/aromatic N) is 3. The summed E-state index contributed by atoms with van der Waals surface area (Å²) in [5.41, 5.74) is 5.30. The van der Waals surface area contributed by atoms with E-state index >= 15 is 0 Å². The van der Waals surface area contributed by atoms with Crippen LogP contribution < -0.4 is 15.0 Å². The molecule has 1 saturated heterocycles. The number of urea groups is 1. The van der Waals surface area contributed by atoms with E-state index in [1.807, 2.05) is 17.9 Å². The van der Waals surface area contributed by atoms with Crippen LogP contribution in [0.2, 0.25) is 0 Å². The SMILES string of the molecule is CCc1cc(NC(=O)N2CCN(c3ccccc3C(C)C)CC2)c(OC)nc1C. The molecule has 1 fully saturated rings. The third kappa shape index (κ3) is 4.63. The Bertz CT molecular complexity index is 858. The molecule has 6 nitrogen and oxygen atoms in total. The first-order valence-electron chi connectivity index (χ1n) is 10.4. The van der Waals surface area contributed by atoms with E-state index in [-0.39, 0.29) is 6.03 Å². The Morgan fingerprint density at radius 3 is 2.52 bits per heavy atom. The van der Waals surface area contributed by atoms with E-state index in [9.17, 15) is 4.79 Å². The molecule has 1 aromatic carbocycles. The highest BCUT2D eigenvalue weighted by Crippen LogP contribution is 2.29. The van der Waals surface area contributed by atoms with E-state index in [2.05, 4.69) is 60.2 Å². The average Bonchev–Trinajstić information content (AvgIpc) is 2.74. The van der Waals surface area contributed by atoms with Gasteiger partial charge in [0.1, 0.15) is 5.69 Å². The van der Waals surface area contributed by atoms with Crippen molar-refractivity contribution in [1.82, 2.24) is 9.88 Å². The third-order valence-corrected chi connectivity index (χ3v) is 5.57. The molecule has 0 atom stereocenters. The fraction of sp³-hybridized carbons (Fsp3) is 0.478. The van der Waals surface area contributed by atoms with Crippen molar-refractivity contribution in [1.29, 1.82) is 0 Å². The largest absolute Gasteiger partial charge is 0.480 e. The number of piperazine rings is 1. The minimum atomic E-state index is -0.104. The number of aromatic nitrogens is 1. The van der Waals surface area contributed by atoms with Crippen molar-refractivity contribution in [2.75, 3.05) is 43.5 Å². The Labute approximate surface area is 173 Å². The lowest BCUT2D eigenvalue weighted by Crippen LogP contribution is -2.50. The first-order valence-corrected chi connectivity index (χ1v) is 10.4. The minimum absolute atomic E-state index is 0.104. The zero-order chi connectivity index (χ0) is 21.0. The smallest absolute Gasteiger partial charge is 0.322 e. The Morgan fingerprint density at radius 2 is 1.90 bits per heavy atom. The number of pyridine rings is 1. The summed E-state index contributed by atoms with van der Waals surface area (Å²) in [5, 5.41) is 3.00. The van der Waals surface area contributed by atoms with Gasteiger partial charge < -0.3 is 19.9 Å². The molecule has 1 aliphatic heterocycles. The van der Waals surface area contributed by atoms with Crippen LogP contribution in [0.5, 0.6) is 5.88 Å². The van der Waals surface area contributed by atoms with E-state index in [1.165, 1.54) is 11.3 Å². The molecule has 1 N–H and O–H groups in total. The van der Waals surface area contributed by atoms with E-state index < -0.39 is 0 Å². The molecule has 29 heavy (non-hydrogen) atoms. The molecule has 6 heteroatoms. The Balaban J connectivity index is 1.67. The first kappa shape index (κ1) is 21.0. The highest BCUT2D eigenvalue weighted by molar-refractivity contribution is 5.91. The molecule has 0 saturated carbocycles. The van der Waals surface area contributed by atoms with Crippen molar-refractivity contribution in [3.8, 4) is 5.88 Å². The summed E-state index contributed by atoms with van der Waals surface area (Å²) >= 11 is 0. The van der Waals surface area contributed by atoms with E-state index in [4.69, 9.17) is 4.74 Å². The van der Waals surface area contributed by atoms with Gasteiger partial charge in [-0.3, -0.25) is 0 Å². The summed E-state index contributed by atoms with van der Waals surface area (Å²) in [4.78, 5) is 21.6. The molecule has 0 radical (unpaired) electrons. The fourth-order valence-corrected chi connectivity index (χ4v) is 3.84. The van der Waals surface area contributed by atoms with Gasteiger partial charge in [-0.25, -0.2) is 9.78 Å². The summed E-state index contributed by atoms with van der Waals surface area (Å²) in [5.74, 6) is 0.930. The number of aryl methyl sites for hydroxylation is 2. The summed E-state index contributed by atoms with van der Waals surface area (Å²) in [7, 11) is 1.58. The molecule has 1 aliphatic rings. The Kier molecular flexibility index (Phi) is 6.62. The van der Waals surface area contributed by atoms with Gasteiger partial charge in [0.25, 0.3) is 0 Å². The zero-order valence-corrected chi connectivity index (χ0v) is 18.2. The number of carbonyl (C=O) groups is 1. The number of nitrogens with one attached hydrogen (secondary N) is 1. The number of hydrogen-bond donors (Lipinski definition) is 1. The number of amides is 2. The Morgan fingerprint density at radius 1 is 1.21 bits per heavy atom. The number of ether oxygens (including phenoxy) is 1. The second-order valence-corrected chi connectivity index (χ2v) is 7.76. The number of hydrogen-bond acceptors (Lipinski definition) is 4. The summed E-state index contributed by atoms with van der Waals surface area (Å²) in [6.07, 6.45) is 0.861. The van der Waals surface area contributed by atoms with Gasteiger partial charge >= 0.3 is 6.03 Å². The molecule has 156 valence electrons. The number of methoxy groups -OCH3 is 1. The van der Waals surface area contributed by atoms with E-state index in [0.717, 1.165) is 30.8 Å². The van der Waals surface area contributed by atoms with Gasteiger partial charge in [-0.15, -0.1) is 0 Å². The molecule has 2 amide bonds. The van der Waals surface area contributed by atoms with Crippen LogP contribution >= 0.6 is 0 Å². The first-order chi connectivity index (χ1) is 13.9. The van der Waals surface area contributed by atoms with E-state index in [0.29, 0.717) is 30.6 Å². The van der Waals surface area contributed by atoms with Crippen molar-refractivity contribution < 1.29 is 9.53 Å². The topological polar surface area (TPSA) is 57.7 Å². The summed E-state index contributed by atoms with van der Waals surface area (Å²) in [6.45, 7) is 11.5. The monoisotopic (exact) mass is 396 g/mol. The number of carbonyl (C=O) groups excluding carboxylic acids is 1. The molecule has 1 aromatic heterocycles. The third-order valence-electron chi connectivity index (χ3n) is 5.57. The second-order valence-electron chi connectivity index (χ2n) is 7.76. The quantitative estimate of drug-likeness (QED) is 0.812. The Hall–Kier alpha value is -2.76. The minimum Gasteiger partial charge on any atom is -0.480 e. The predicted octanol–water partition coefficient (Wildman–Crippen LogP) is 4.44. The number of para-hydroxylation sites is 1. The van der Waals surface area contributed by atoms with Crippen molar-refractivity contribution in [2.45, 2.75) is 40.0 Å². The van der Waals surface area contributed by atoms with Crippen LogP contribution in [0.3, 0.4) is 0 Å². The van der Waals surface area contributed by atoms with Crippen molar-refractivity contribution in [2.24, 2.45) is 0 Å². The molecular weight excluding hydrogens is 364 g/mol. The number of anilines is 2. The number of benzene rings is 1. The molecule has 0 aliphatic carbocycles. The summed E-state index contributed by atoms with van der Waals surface area (Å²) < 4.78 is 5.37. The van der Waals surface area contributed by atoms with Crippen molar-refractivity contribution in [3.63, 3.8) is 0 Å². The van der Waals surface area contributed by atoms with Gasteiger partial charge in [0.2, 0.25) is 5.88 Å². The van der Waals surface area contributed by atoms with Crippen LogP contribution in [0.1, 0.15) is 43.5 Å². The predicted molar refractivity (Wildman–Crippen MR) is 118 cm³/mol. The maximum Gasteiger partial charge on any atom is 0.322 e. The van der Waals surface area contributed by atoms with Crippen LogP contribution in [0.15, 0.2) is 30.3 Å². The highest BCUT2D eigenvalue weighted by atomic mass is 16.5. The fourth-order valence-electron chi connectivity index (χ4n) is 3.84. The van der Waals surface area contributed by atoms with Gasteiger partial charge in [0.15, 0.2) is 0 Å². The van der Waals surface area contributed by atoms with Crippen molar-refractivity contribution in [3.05, 3.63) is 47.2 Å². The molecule has 2 heterocycles. The van der Waals surface area contributed by atoms with Crippen LogP contribution in [0.4, 0.5) is 16.2 Å². The maximum atomic E-state index is 12.9. The molecule has 3 rings (SSSR count). The van der Waals surface area contributed by atoms with Crippen LogP contribution in [-0.2, 0) is 6.42 Å². The van der Waals surface area contributed by atoms with E-state index in [1.54, 1.807) is 7.11 Å². The molecular formula is C23H32N4O2. The lowest BCUT2D eigenvalue weighted by molar-refractivity contribution is 0.208. The van der Waals surface area contributed by atoms with Gasteiger partial charge in [0.05, 0.1) is 7.11 Å². The van der Waals surface area contributed by atoms with Crippen LogP contribution in [-0.4, -0.2) is 49.2 Å². The standard InChI is InChI=1S/C23H32N4O2/c1-6-18-15-20(22(29-5)24-17(18)4)25-23(28)27-13-11-26(12-14-27)21-10-8-7-9-19(21)16(2)3/h7-10,15-16H,6,11-14H2,1-5H3,(H,25,28). The molecule has 2 aromatic rings.